The Bertz CT molecular complexity index is 287. The predicted molar refractivity (Wildman–Crippen MR) is 51.0 cm³/mol. The number of hydrogen-bond acceptors (Lipinski definition) is 3. The van der Waals surface area contributed by atoms with Crippen molar-refractivity contribution in [2.24, 2.45) is 9.78 Å². The van der Waals surface area contributed by atoms with Gasteiger partial charge in [0.2, 0.25) is 6.19 Å². The fraction of sp³-hybridized carbons (Fsp3) is 0.875. The lowest BCUT2D eigenvalue weighted by Crippen LogP contribution is -2.13. The van der Waals surface area contributed by atoms with Gasteiger partial charge in [-0.1, -0.05) is 20.8 Å². The van der Waals surface area contributed by atoms with Crippen LogP contribution in [-0.2, 0) is 9.73 Å². The molecule has 0 heterocycles. The summed E-state index contributed by atoms with van der Waals surface area (Å²) in [6.45, 7) is 6.23. The molecule has 0 saturated carbocycles. The van der Waals surface area contributed by atoms with E-state index < -0.39 is 9.73 Å². The van der Waals surface area contributed by atoms with Crippen molar-refractivity contribution in [3.8, 4) is 6.19 Å². The fourth-order valence-electron chi connectivity index (χ4n) is 0.628. The van der Waals surface area contributed by atoms with E-state index in [9.17, 15) is 4.21 Å². The Morgan fingerprint density at radius 3 is 2.33 bits per heavy atom. The van der Waals surface area contributed by atoms with Crippen molar-refractivity contribution in [2.75, 3.05) is 12.0 Å². The molecule has 0 bridgehead atoms. The lowest BCUT2D eigenvalue weighted by Gasteiger charge is -2.17. The molecule has 0 rings (SSSR count). The zero-order chi connectivity index (χ0) is 9.83. The second-order valence-corrected chi connectivity index (χ2v) is 6.68. The van der Waals surface area contributed by atoms with Crippen LogP contribution in [0.4, 0.5) is 0 Å². The van der Waals surface area contributed by atoms with E-state index in [-0.39, 0.29) is 5.41 Å². The topological polar surface area (TPSA) is 53.2 Å². The largest absolute Gasteiger partial charge is 0.249 e. The molecule has 1 atom stereocenters. The number of hydrogen-bond donors (Lipinski definition) is 0. The van der Waals surface area contributed by atoms with Gasteiger partial charge < -0.3 is 0 Å². The van der Waals surface area contributed by atoms with Gasteiger partial charge in [-0.3, -0.25) is 0 Å². The van der Waals surface area contributed by atoms with Gasteiger partial charge in [-0.25, -0.2) is 4.21 Å². The van der Waals surface area contributed by atoms with Crippen LogP contribution in [0, 0.1) is 16.9 Å². The van der Waals surface area contributed by atoms with Crippen LogP contribution in [0.1, 0.15) is 27.2 Å². The van der Waals surface area contributed by atoms with Crippen molar-refractivity contribution < 1.29 is 4.21 Å². The summed E-state index contributed by atoms with van der Waals surface area (Å²) in [5, 5.41) is 8.24. The van der Waals surface area contributed by atoms with Crippen LogP contribution < -0.4 is 0 Å². The highest BCUT2D eigenvalue weighted by Crippen LogP contribution is 2.19. The highest BCUT2D eigenvalue weighted by Gasteiger charge is 2.12. The first-order valence-corrected chi connectivity index (χ1v) is 5.94. The Morgan fingerprint density at radius 2 is 2.00 bits per heavy atom. The van der Waals surface area contributed by atoms with E-state index in [4.69, 9.17) is 5.26 Å². The highest BCUT2D eigenvalue weighted by molar-refractivity contribution is 7.92. The molecule has 0 aliphatic rings. The Kier molecular flexibility index (Phi) is 3.72. The summed E-state index contributed by atoms with van der Waals surface area (Å²) in [4.78, 5) is 0. The van der Waals surface area contributed by atoms with Crippen molar-refractivity contribution in [3.05, 3.63) is 0 Å². The number of nitriles is 1. The standard InChI is InChI=1S/C8H16N2OS/c1-8(2,3)5-6-12(4,11)10-7-9/h5-6H2,1-4H3. The Balaban J connectivity index is 4.24. The summed E-state index contributed by atoms with van der Waals surface area (Å²) < 4.78 is 14.8. The molecule has 0 spiro atoms. The Morgan fingerprint density at radius 1 is 1.50 bits per heavy atom. The molecule has 0 aromatic heterocycles. The van der Waals surface area contributed by atoms with Gasteiger partial charge in [0.15, 0.2) is 0 Å². The zero-order valence-electron chi connectivity index (χ0n) is 8.13. The zero-order valence-corrected chi connectivity index (χ0v) is 8.94. The summed E-state index contributed by atoms with van der Waals surface area (Å²) in [7, 11) is -2.25. The molecule has 0 aromatic carbocycles. The predicted octanol–water partition coefficient (Wildman–Crippen LogP) is 2.00. The quantitative estimate of drug-likeness (QED) is 0.622. The monoisotopic (exact) mass is 188 g/mol. The van der Waals surface area contributed by atoms with Crippen LogP contribution in [0.2, 0.25) is 0 Å². The maximum atomic E-state index is 11.4. The average Bonchev–Trinajstić information content (AvgIpc) is 1.83. The van der Waals surface area contributed by atoms with Crippen molar-refractivity contribution in [1.82, 2.24) is 0 Å². The summed E-state index contributed by atoms with van der Waals surface area (Å²) >= 11 is 0. The second-order valence-electron chi connectivity index (χ2n) is 4.17. The first-order chi connectivity index (χ1) is 5.27. The molecule has 3 nitrogen and oxygen atoms in total. The van der Waals surface area contributed by atoms with Crippen LogP contribution in [0.5, 0.6) is 0 Å². The fourth-order valence-corrected chi connectivity index (χ4v) is 1.88. The lowest BCUT2D eigenvalue weighted by atomic mass is 9.94. The molecule has 0 aliphatic heterocycles. The summed E-state index contributed by atoms with van der Waals surface area (Å²) in [6, 6.07) is 0. The van der Waals surface area contributed by atoms with Gasteiger partial charge in [0.25, 0.3) is 0 Å². The van der Waals surface area contributed by atoms with Gasteiger partial charge in [0.05, 0.1) is 9.73 Å². The Hall–Kier alpha value is -0.560. The molecule has 0 fully saturated rings. The molecule has 70 valence electrons. The average molecular weight is 188 g/mol. The maximum absolute atomic E-state index is 11.4. The van der Waals surface area contributed by atoms with Gasteiger partial charge in [-0.05, 0) is 11.8 Å². The molecule has 0 amide bonds. The van der Waals surface area contributed by atoms with E-state index >= 15 is 0 Å². The van der Waals surface area contributed by atoms with Gasteiger partial charge in [0, 0.05) is 12.0 Å². The first kappa shape index (κ1) is 11.4. The summed E-state index contributed by atoms with van der Waals surface area (Å²) in [5.74, 6) is 0.504. The molecule has 0 N–H and O–H groups in total. The second kappa shape index (κ2) is 3.90. The third-order valence-corrected chi connectivity index (χ3v) is 2.89. The van der Waals surface area contributed by atoms with E-state index in [1.165, 1.54) is 6.26 Å². The van der Waals surface area contributed by atoms with Crippen LogP contribution in [0.15, 0.2) is 4.36 Å². The lowest BCUT2D eigenvalue weighted by molar-refractivity contribution is 0.399. The maximum Gasteiger partial charge on any atom is 0.214 e. The first-order valence-electron chi connectivity index (χ1n) is 3.85. The molecular formula is C8H16N2OS. The van der Waals surface area contributed by atoms with Gasteiger partial charge >= 0.3 is 0 Å². The molecular weight excluding hydrogens is 172 g/mol. The number of nitrogens with zero attached hydrogens (tertiary/aromatic N) is 2. The SMILES string of the molecule is CC(C)(C)CCS(C)(=O)=NC#N. The highest BCUT2D eigenvalue weighted by atomic mass is 32.2. The third kappa shape index (κ3) is 6.17. The van der Waals surface area contributed by atoms with Crippen molar-refractivity contribution >= 4 is 9.73 Å². The van der Waals surface area contributed by atoms with Gasteiger partial charge in [-0.15, -0.1) is 4.36 Å². The Labute approximate surface area is 75.0 Å². The van der Waals surface area contributed by atoms with Crippen molar-refractivity contribution in [2.45, 2.75) is 27.2 Å². The molecule has 0 aromatic rings. The molecule has 12 heavy (non-hydrogen) atoms. The van der Waals surface area contributed by atoms with Crippen molar-refractivity contribution in [1.29, 1.82) is 5.26 Å². The van der Waals surface area contributed by atoms with Gasteiger partial charge in [0.1, 0.15) is 0 Å². The van der Waals surface area contributed by atoms with Crippen LogP contribution in [0.3, 0.4) is 0 Å². The summed E-state index contributed by atoms with van der Waals surface area (Å²) in [6.07, 6.45) is 3.95. The minimum absolute atomic E-state index is 0.156. The molecule has 4 heteroatoms. The summed E-state index contributed by atoms with van der Waals surface area (Å²) in [5.41, 5.74) is 0.156. The molecule has 0 aliphatic carbocycles. The number of rotatable bonds is 2. The third-order valence-electron chi connectivity index (χ3n) is 1.46. The molecule has 0 saturated heterocycles. The smallest absolute Gasteiger partial charge is 0.214 e. The van der Waals surface area contributed by atoms with E-state index in [1.54, 1.807) is 6.19 Å². The van der Waals surface area contributed by atoms with E-state index in [0.717, 1.165) is 6.42 Å². The van der Waals surface area contributed by atoms with E-state index in [0.29, 0.717) is 5.75 Å². The van der Waals surface area contributed by atoms with Crippen LogP contribution >= 0.6 is 0 Å². The van der Waals surface area contributed by atoms with E-state index in [2.05, 4.69) is 25.1 Å². The van der Waals surface area contributed by atoms with Crippen LogP contribution in [-0.4, -0.2) is 16.2 Å². The minimum atomic E-state index is -2.25. The van der Waals surface area contributed by atoms with E-state index in [1.807, 2.05) is 0 Å². The minimum Gasteiger partial charge on any atom is -0.249 e. The van der Waals surface area contributed by atoms with Crippen LogP contribution in [0.25, 0.3) is 0 Å². The molecule has 0 radical (unpaired) electrons. The van der Waals surface area contributed by atoms with Gasteiger partial charge in [-0.2, -0.15) is 5.26 Å². The van der Waals surface area contributed by atoms with Crippen molar-refractivity contribution in [3.63, 3.8) is 0 Å². The molecule has 1 unspecified atom stereocenters. The normalized spacial score (nSPS) is 16.2.